The highest BCUT2D eigenvalue weighted by Crippen LogP contribution is 2.26. The number of rotatable bonds is 3. The summed E-state index contributed by atoms with van der Waals surface area (Å²) >= 11 is 0. The third kappa shape index (κ3) is 5.11. The molecule has 0 spiro atoms. The normalized spacial score (nSPS) is 23.1. The zero-order valence-corrected chi connectivity index (χ0v) is 11.3. The summed E-state index contributed by atoms with van der Waals surface area (Å²) in [4.78, 5) is 34.8. The Labute approximate surface area is 112 Å². The molecule has 19 heavy (non-hydrogen) atoms. The van der Waals surface area contributed by atoms with Crippen molar-refractivity contribution in [2.24, 2.45) is 5.92 Å². The van der Waals surface area contributed by atoms with E-state index >= 15 is 0 Å². The third-order valence-electron chi connectivity index (χ3n) is 3.46. The largest absolute Gasteiger partial charge is 0.478 e. The van der Waals surface area contributed by atoms with Crippen molar-refractivity contribution in [1.29, 1.82) is 0 Å². The Balaban J connectivity index is 2.44. The molecule has 0 unspecified atom stereocenters. The second-order valence-corrected chi connectivity index (χ2v) is 4.99. The van der Waals surface area contributed by atoms with Crippen LogP contribution in [0.4, 0.5) is 4.79 Å². The van der Waals surface area contributed by atoms with Gasteiger partial charge in [0, 0.05) is 25.2 Å². The highest BCUT2D eigenvalue weighted by atomic mass is 16.4. The summed E-state index contributed by atoms with van der Waals surface area (Å²) in [6.45, 7) is 2.19. The van der Waals surface area contributed by atoms with Gasteiger partial charge < -0.3 is 10.0 Å². The van der Waals surface area contributed by atoms with Gasteiger partial charge in [-0.15, -0.1) is 0 Å². The minimum atomic E-state index is -1.22. The molecule has 6 nitrogen and oxygen atoms in total. The van der Waals surface area contributed by atoms with Gasteiger partial charge in [-0.3, -0.25) is 10.1 Å². The summed E-state index contributed by atoms with van der Waals surface area (Å²) < 4.78 is 0. The van der Waals surface area contributed by atoms with E-state index in [9.17, 15) is 14.4 Å². The number of urea groups is 1. The molecule has 0 heterocycles. The number of hydrogen-bond acceptors (Lipinski definition) is 3. The second kappa shape index (κ2) is 6.92. The molecule has 1 aliphatic carbocycles. The van der Waals surface area contributed by atoms with Crippen molar-refractivity contribution in [3.05, 3.63) is 12.2 Å². The predicted molar refractivity (Wildman–Crippen MR) is 69.5 cm³/mol. The number of carboxylic acids is 1. The maximum atomic E-state index is 11.8. The van der Waals surface area contributed by atoms with Gasteiger partial charge in [0.25, 0.3) is 5.91 Å². The number of hydrogen-bond donors (Lipinski definition) is 2. The van der Waals surface area contributed by atoms with E-state index in [1.165, 1.54) is 4.90 Å². The molecule has 6 heteroatoms. The molecular formula is C13H20N2O4. The molecule has 0 aromatic rings. The topological polar surface area (TPSA) is 86.7 Å². The molecule has 0 saturated heterocycles. The van der Waals surface area contributed by atoms with Crippen LogP contribution in [-0.2, 0) is 9.59 Å². The fourth-order valence-corrected chi connectivity index (χ4v) is 2.18. The molecule has 1 rings (SSSR count). The average molecular weight is 268 g/mol. The van der Waals surface area contributed by atoms with E-state index in [2.05, 4.69) is 12.2 Å². The molecule has 3 amide bonds. The lowest BCUT2D eigenvalue weighted by atomic mass is 9.87. The Kier molecular flexibility index (Phi) is 5.54. The van der Waals surface area contributed by atoms with Gasteiger partial charge in [0.15, 0.2) is 0 Å². The van der Waals surface area contributed by atoms with Crippen molar-refractivity contribution in [2.75, 3.05) is 7.05 Å². The number of nitrogens with one attached hydrogen (secondary N) is 1. The molecule has 1 fully saturated rings. The molecule has 0 aliphatic heterocycles. The van der Waals surface area contributed by atoms with Crippen LogP contribution in [0, 0.1) is 5.92 Å². The predicted octanol–water partition coefficient (Wildman–Crippen LogP) is 1.37. The van der Waals surface area contributed by atoms with Crippen LogP contribution in [0.1, 0.15) is 32.6 Å². The minimum absolute atomic E-state index is 0.146. The lowest BCUT2D eigenvalue weighted by Crippen LogP contribution is -2.46. The highest BCUT2D eigenvalue weighted by Gasteiger charge is 2.25. The summed E-state index contributed by atoms with van der Waals surface area (Å²) in [7, 11) is 1.66. The van der Waals surface area contributed by atoms with Crippen molar-refractivity contribution < 1.29 is 19.5 Å². The fraction of sp³-hybridized carbons (Fsp3) is 0.615. The zero-order valence-electron chi connectivity index (χ0n) is 11.3. The molecule has 106 valence electrons. The van der Waals surface area contributed by atoms with E-state index in [0.717, 1.165) is 31.8 Å². The van der Waals surface area contributed by atoms with E-state index in [1.54, 1.807) is 7.05 Å². The van der Waals surface area contributed by atoms with Crippen LogP contribution >= 0.6 is 0 Å². The zero-order chi connectivity index (χ0) is 14.4. The standard InChI is InChI=1S/C13H20N2O4/c1-9-3-5-10(6-4-9)15(2)13(19)14-11(16)7-8-12(17)18/h7-10H,3-6H2,1-2H3,(H,17,18)(H,14,16,19)/b8-7+. The molecule has 0 aromatic carbocycles. The summed E-state index contributed by atoms with van der Waals surface area (Å²) in [5.74, 6) is -1.26. The van der Waals surface area contributed by atoms with E-state index < -0.39 is 17.9 Å². The van der Waals surface area contributed by atoms with Crippen LogP contribution in [-0.4, -0.2) is 41.0 Å². The Morgan fingerprint density at radius 1 is 1.16 bits per heavy atom. The molecule has 0 radical (unpaired) electrons. The molecule has 0 aromatic heterocycles. The summed E-state index contributed by atoms with van der Waals surface area (Å²) in [6, 6.07) is -0.341. The SMILES string of the molecule is CC1CCC(N(C)C(=O)NC(=O)/C=C/C(=O)O)CC1. The molecule has 1 aliphatic rings. The van der Waals surface area contributed by atoms with Crippen molar-refractivity contribution in [3.8, 4) is 0 Å². The maximum Gasteiger partial charge on any atom is 0.328 e. The van der Waals surface area contributed by atoms with Gasteiger partial charge >= 0.3 is 12.0 Å². The fourth-order valence-electron chi connectivity index (χ4n) is 2.18. The minimum Gasteiger partial charge on any atom is -0.478 e. The van der Waals surface area contributed by atoms with Crippen molar-refractivity contribution in [2.45, 2.75) is 38.6 Å². The number of aliphatic carboxylic acids is 1. The Hall–Kier alpha value is -1.85. The monoisotopic (exact) mass is 268 g/mol. The van der Waals surface area contributed by atoms with Gasteiger partial charge in [0.1, 0.15) is 0 Å². The third-order valence-corrected chi connectivity index (χ3v) is 3.46. The van der Waals surface area contributed by atoms with Crippen LogP contribution in [0.2, 0.25) is 0 Å². The lowest BCUT2D eigenvalue weighted by Gasteiger charge is -2.33. The first-order valence-electron chi connectivity index (χ1n) is 6.39. The quantitative estimate of drug-likeness (QED) is 0.757. The van der Waals surface area contributed by atoms with E-state index in [1.807, 2.05) is 0 Å². The number of carboxylic acid groups (broad SMARTS) is 1. The Morgan fingerprint density at radius 3 is 2.26 bits per heavy atom. The van der Waals surface area contributed by atoms with Gasteiger partial charge in [-0.25, -0.2) is 9.59 Å². The number of imide groups is 1. The van der Waals surface area contributed by atoms with Crippen molar-refractivity contribution >= 4 is 17.9 Å². The van der Waals surface area contributed by atoms with Crippen LogP contribution in [0.3, 0.4) is 0 Å². The molecule has 2 N–H and O–H groups in total. The number of carbonyl (C=O) groups excluding carboxylic acids is 2. The van der Waals surface area contributed by atoms with Gasteiger partial charge in [-0.05, 0) is 31.6 Å². The molecule has 0 atom stereocenters. The van der Waals surface area contributed by atoms with E-state index in [4.69, 9.17) is 5.11 Å². The second-order valence-electron chi connectivity index (χ2n) is 4.99. The van der Waals surface area contributed by atoms with Crippen molar-refractivity contribution in [1.82, 2.24) is 10.2 Å². The van der Waals surface area contributed by atoms with Gasteiger partial charge in [-0.1, -0.05) is 6.92 Å². The number of nitrogens with zero attached hydrogens (tertiary/aromatic N) is 1. The smallest absolute Gasteiger partial charge is 0.328 e. The van der Waals surface area contributed by atoms with E-state index in [0.29, 0.717) is 12.0 Å². The lowest BCUT2D eigenvalue weighted by molar-refractivity contribution is -0.131. The summed E-state index contributed by atoms with van der Waals surface area (Å²) in [5, 5.41) is 10.5. The molecule has 0 bridgehead atoms. The van der Waals surface area contributed by atoms with Crippen LogP contribution < -0.4 is 5.32 Å². The Morgan fingerprint density at radius 2 is 1.74 bits per heavy atom. The Bertz CT molecular complexity index is 384. The summed E-state index contributed by atoms with van der Waals surface area (Å²) in [5.41, 5.74) is 0. The first-order valence-corrected chi connectivity index (χ1v) is 6.39. The van der Waals surface area contributed by atoms with Gasteiger partial charge in [0.2, 0.25) is 0 Å². The van der Waals surface area contributed by atoms with Gasteiger partial charge in [0.05, 0.1) is 0 Å². The molecular weight excluding hydrogens is 248 g/mol. The van der Waals surface area contributed by atoms with Crippen LogP contribution in [0.5, 0.6) is 0 Å². The molecule has 1 saturated carbocycles. The highest BCUT2D eigenvalue weighted by molar-refractivity contribution is 6.02. The van der Waals surface area contributed by atoms with Crippen LogP contribution in [0.15, 0.2) is 12.2 Å². The van der Waals surface area contributed by atoms with Crippen molar-refractivity contribution in [3.63, 3.8) is 0 Å². The first kappa shape index (κ1) is 15.2. The van der Waals surface area contributed by atoms with E-state index in [-0.39, 0.29) is 6.04 Å². The maximum absolute atomic E-state index is 11.8. The summed E-state index contributed by atoms with van der Waals surface area (Å²) in [6.07, 6.45) is 5.56. The number of carbonyl (C=O) groups is 3. The first-order chi connectivity index (χ1) is 8.90. The number of amides is 3. The van der Waals surface area contributed by atoms with Crippen LogP contribution in [0.25, 0.3) is 0 Å². The average Bonchev–Trinajstić information content (AvgIpc) is 2.36. The van der Waals surface area contributed by atoms with Gasteiger partial charge in [-0.2, -0.15) is 0 Å².